The fourth-order valence-electron chi connectivity index (χ4n) is 1.94. The van der Waals surface area contributed by atoms with Gasteiger partial charge in [0.05, 0.1) is 12.7 Å². The number of ether oxygens (including phenoxy) is 2. The third-order valence-electron chi connectivity index (χ3n) is 3.07. The van der Waals surface area contributed by atoms with Crippen LogP contribution < -0.4 is 5.32 Å². The summed E-state index contributed by atoms with van der Waals surface area (Å²) in [4.78, 5) is 23.4. The molecule has 0 unspecified atom stereocenters. The molecule has 2 rings (SSSR count). The van der Waals surface area contributed by atoms with E-state index in [0.29, 0.717) is 0 Å². The first-order valence-electron chi connectivity index (χ1n) is 6.84. The van der Waals surface area contributed by atoms with Crippen LogP contribution in [0, 0.1) is 17.1 Å². The van der Waals surface area contributed by atoms with Crippen LogP contribution >= 0.6 is 0 Å². The number of benzene rings is 2. The number of carbonyl (C=O) groups excluding carboxylic acids is 2. The van der Waals surface area contributed by atoms with E-state index in [2.05, 4.69) is 10.1 Å². The van der Waals surface area contributed by atoms with Crippen LogP contribution in [-0.4, -0.2) is 19.2 Å². The van der Waals surface area contributed by atoms with E-state index >= 15 is 0 Å². The van der Waals surface area contributed by atoms with Crippen molar-refractivity contribution in [2.45, 2.75) is 6.61 Å². The molecule has 6 nitrogen and oxygen atoms in total. The topological polar surface area (TPSA) is 88.4 Å². The Morgan fingerprint density at radius 1 is 1.25 bits per heavy atom. The molecule has 0 aromatic heterocycles. The third kappa shape index (κ3) is 4.08. The van der Waals surface area contributed by atoms with Gasteiger partial charge >= 0.3 is 12.1 Å². The molecule has 2 aromatic carbocycles. The van der Waals surface area contributed by atoms with Gasteiger partial charge < -0.3 is 9.47 Å². The molecule has 122 valence electrons. The zero-order valence-electron chi connectivity index (χ0n) is 12.7. The summed E-state index contributed by atoms with van der Waals surface area (Å²) in [5.41, 5.74) is 0.0299. The predicted molar refractivity (Wildman–Crippen MR) is 82.7 cm³/mol. The van der Waals surface area contributed by atoms with Crippen LogP contribution in [0.15, 0.2) is 42.5 Å². The summed E-state index contributed by atoms with van der Waals surface area (Å²) in [6.45, 7) is 0.0370. The Bertz CT molecular complexity index is 800. The lowest BCUT2D eigenvalue weighted by Crippen LogP contribution is -2.15. The highest BCUT2D eigenvalue weighted by Crippen LogP contribution is 2.20. The standard InChI is InChI=1S/C17H13FN2O4/c1-23-16(21)13-7-12(8-15(18)14(13)9-19)20-17(22)24-10-11-5-3-2-4-6-11/h2-8H,10H2,1H3,(H,20,22). The van der Waals surface area contributed by atoms with Gasteiger partial charge in [0.1, 0.15) is 24.1 Å². The number of hydrogen-bond acceptors (Lipinski definition) is 5. The van der Waals surface area contributed by atoms with Gasteiger partial charge in [0.2, 0.25) is 0 Å². The summed E-state index contributed by atoms with van der Waals surface area (Å²) in [7, 11) is 1.11. The average Bonchev–Trinajstić information content (AvgIpc) is 2.59. The molecule has 0 aliphatic heterocycles. The number of esters is 1. The van der Waals surface area contributed by atoms with Crippen molar-refractivity contribution in [1.29, 1.82) is 5.26 Å². The highest BCUT2D eigenvalue weighted by Gasteiger charge is 2.18. The second-order valence-corrected chi connectivity index (χ2v) is 4.67. The fourth-order valence-corrected chi connectivity index (χ4v) is 1.94. The highest BCUT2D eigenvalue weighted by atomic mass is 19.1. The molecule has 0 spiro atoms. The molecule has 0 saturated carbocycles. The fraction of sp³-hybridized carbons (Fsp3) is 0.118. The minimum atomic E-state index is -0.946. The SMILES string of the molecule is COC(=O)c1cc(NC(=O)OCc2ccccc2)cc(F)c1C#N. The normalized spacial score (nSPS) is 9.71. The molecule has 1 amide bonds. The first-order valence-corrected chi connectivity index (χ1v) is 6.84. The van der Waals surface area contributed by atoms with Crippen molar-refractivity contribution in [3.63, 3.8) is 0 Å². The van der Waals surface area contributed by atoms with E-state index in [1.54, 1.807) is 30.3 Å². The van der Waals surface area contributed by atoms with Crippen LogP contribution in [0.2, 0.25) is 0 Å². The molecule has 0 atom stereocenters. The number of hydrogen-bond donors (Lipinski definition) is 1. The highest BCUT2D eigenvalue weighted by molar-refractivity contribution is 5.95. The minimum Gasteiger partial charge on any atom is -0.465 e. The molecule has 0 fully saturated rings. The monoisotopic (exact) mass is 328 g/mol. The lowest BCUT2D eigenvalue weighted by Gasteiger charge is -2.10. The molecular weight excluding hydrogens is 315 g/mol. The Balaban J connectivity index is 2.12. The summed E-state index contributed by atoms with van der Waals surface area (Å²) in [5, 5.41) is 11.2. The van der Waals surface area contributed by atoms with E-state index in [0.717, 1.165) is 24.8 Å². The summed E-state index contributed by atoms with van der Waals surface area (Å²) in [5.74, 6) is -1.83. The first-order chi connectivity index (χ1) is 11.5. The van der Waals surface area contributed by atoms with Gasteiger partial charge in [-0.25, -0.2) is 14.0 Å². The van der Waals surface area contributed by atoms with Crippen molar-refractivity contribution < 1.29 is 23.5 Å². The van der Waals surface area contributed by atoms with Gasteiger partial charge in [-0.05, 0) is 17.7 Å². The van der Waals surface area contributed by atoms with Gasteiger partial charge in [0, 0.05) is 5.69 Å². The van der Waals surface area contributed by atoms with Crippen LogP contribution in [-0.2, 0) is 16.1 Å². The van der Waals surface area contributed by atoms with E-state index in [1.165, 1.54) is 0 Å². The Kier molecular flexibility index (Phi) is 5.47. The van der Waals surface area contributed by atoms with Crippen molar-refractivity contribution in [2.75, 3.05) is 12.4 Å². The Morgan fingerprint density at radius 3 is 2.58 bits per heavy atom. The predicted octanol–water partition coefficient (Wildman–Crippen LogP) is 3.23. The zero-order valence-corrected chi connectivity index (χ0v) is 12.7. The van der Waals surface area contributed by atoms with Gasteiger partial charge in [-0.15, -0.1) is 0 Å². The van der Waals surface area contributed by atoms with Gasteiger partial charge in [0.15, 0.2) is 0 Å². The van der Waals surface area contributed by atoms with Crippen molar-refractivity contribution >= 4 is 17.7 Å². The van der Waals surface area contributed by atoms with Gasteiger partial charge in [-0.1, -0.05) is 30.3 Å². The van der Waals surface area contributed by atoms with Crippen molar-refractivity contribution in [3.05, 3.63) is 65.0 Å². The van der Waals surface area contributed by atoms with E-state index in [9.17, 15) is 14.0 Å². The van der Waals surface area contributed by atoms with Crippen molar-refractivity contribution in [2.24, 2.45) is 0 Å². The number of amides is 1. The zero-order chi connectivity index (χ0) is 17.5. The molecule has 24 heavy (non-hydrogen) atoms. The average molecular weight is 328 g/mol. The number of nitrogens with zero attached hydrogens (tertiary/aromatic N) is 1. The number of halogens is 1. The molecule has 0 radical (unpaired) electrons. The minimum absolute atomic E-state index is 0.0232. The second-order valence-electron chi connectivity index (χ2n) is 4.67. The number of carbonyl (C=O) groups is 2. The van der Waals surface area contributed by atoms with E-state index in [4.69, 9.17) is 10.00 Å². The maximum absolute atomic E-state index is 13.9. The molecule has 0 aliphatic rings. The van der Waals surface area contributed by atoms with Crippen LogP contribution in [0.1, 0.15) is 21.5 Å². The quantitative estimate of drug-likeness (QED) is 0.871. The number of nitriles is 1. The third-order valence-corrected chi connectivity index (χ3v) is 3.07. The summed E-state index contributed by atoms with van der Waals surface area (Å²) in [6.07, 6.45) is -0.821. The Labute approximate surface area is 137 Å². The largest absolute Gasteiger partial charge is 0.465 e. The Hall–Kier alpha value is -3.40. The van der Waals surface area contributed by atoms with Crippen LogP contribution in [0.25, 0.3) is 0 Å². The van der Waals surface area contributed by atoms with Crippen molar-refractivity contribution in [3.8, 4) is 6.07 Å². The molecule has 7 heteroatoms. The number of anilines is 1. The summed E-state index contributed by atoms with van der Waals surface area (Å²) >= 11 is 0. The van der Waals surface area contributed by atoms with E-state index in [1.807, 2.05) is 6.07 Å². The van der Waals surface area contributed by atoms with Crippen LogP contribution in [0.4, 0.5) is 14.9 Å². The molecule has 0 aliphatic carbocycles. The second kappa shape index (κ2) is 7.74. The molecule has 1 N–H and O–H groups in total. The Morgan fingerprint density at radius 2 is 1.96 bits per heavy atom. The van der Waals surface area contributed by atoms with E-state index in [-0.39, 0.29) is 17.9 Å². The van der Waals surface area contributed by atoms with E-state index < -0.39 is 23.4 Å². The maximum atomic E-state index is 13.9. The number of nitrogens with one attached hydrogen (secondary N) is 1. The molecule has 0 heterocycles. The number of rotatable bonds is 4. The molecule has 0 saturated heterocycles. The lowest BCUT2D eigenvalue weighted by molar-refractivity contribution is 0.0599. The molecule has 0 bridgehead atoms. The maximum Gasteiger partial charge on any atom is 0.411 e. The van der Waals surface area contributed by atoms with Gasteiger partial charge in [0.25, 0.3) is 0 Å². The smallest absolute Gasteiger partial charge is 0.411 e. The number of methoxy groups -OCH3 is 1. The van der Waals surface area contributed by atoms with Crippen LogP contribution in [0.3, 0.4) is 0 Å². The lowest BCUT2D eigenvalue weighted by atomic mass is 10.1. The van der Waals surface area contributed by atoms with Gasteiger partial charge in [-0.2, -0.15) is 5.26 Å². The first kappa shape index (κ1) is 17.0. The molecular formula is C17H13FN2O4. The van der Waals surface area contributed by atoms with Crippen LogP contribution in [0.5, 0.6) is 0 Å². The van der Waals surface area contributed by atoms with Gasteiger partial charge in [-0.3, -0.25) is 5.32 Å². The summed E-state index contributed by atoms with van der Waals surface area (Å²) in [6, 6.07) is 12.7. The summed E-state index contributed by atoms with van der Waals surface area (Å²) < 4.78 is 23.4. The molecule has 2 aromatic rings. The van der Waals surface area contributed by atoms with Crippen molar-refractivity contribution in [1.82, 2.24) is 0 Å².